The number of hydrogen-bond donors (Lipinski definition) is 1. The molecule has 2 heterocycles. The molecule has 0 aliphatic heterocycles. The van der Waals surface area contributed by atoms with Gasteiger partial charge in [-0.05, 0) is 59.6 Å². The third-order valence-electron chi connectivity index (χ3n) is 5.13. The molecular weight excluding hydrogens is 586 g/mol. The van der Waals surface area contributed by atoms with E-state index in [1.54, 1.807) is 18.2 Å². The molecule has 0 aliphatic rings. The van der Waals surface area contributed by atoms with E-state index in [4.69, 9.17) is 44.4 Å². The second kappa shape index (κ2) is 9.43. The summed E-state index contributed by atoms with van der Waals surface area (Å²) in [5.41, 5.74) is -1.11. The highest BCUT2D eigenvalue weighted by molar-refractivity contribution is 9.10. The van der Waals surface area contributed by atoms with Gasteiger partial charge in [-0.1, -0.05) is 52.1 Å². The van der Waals surface area contributed by atoms with Crippen molar-refractivity contribution in [2.75, 3.05) is 0 Å². The molecule has 0 saturated carbocycles. The van der Waals surface area contributed by atoms with Gasteiger partial charge in [0.25, 0.3) is 5.91 Å². The summed E-state index contributed by atoms with van der Waals surface area (Å²) in [4.78, 5) is 24.9. The Labute approximate surface area is 222 Å². The van der Waals surface area contributed by atoms with Gasteiger partial charge in [0.2, 0.25) is 0 Å². The number of halogens is 5. The lowest BCUT2D eigenvalue weighted by atomic mass is 9.98. The fraction of sp³-hybridized carbons (Fsp3) is 0.125. The van der Waals surface area contributed by atoms with E-state index in [9.17, 15) is 9.59 Å². The van der Waals surface area contributed by atoms with Gasteiger partial charge in [0.05, 0.1) is 15.6 Å². The Morgan fingerprint density at radius 1 is 1.20 bits per heavy atom. The van der Waals surface area contributed by atoms with Crippen LogP contribution < -0.4 is 0 Å². The molecule has 0 fully saturated rings. The molecule has 2 aromatic heterocycles. The van der Waals surface area contributed by atoms with Gasteiger partial charge in [-0.3, -0.25) is 9.36 Å². The van der Waals surface area contributed by atoms with Gasteiger partial charge in [0.1, 0.15) is 11.3 Å². The Balaban J connectivity index is 1.98. The maximum atomic E-state index is 15.2. The van der Waals surface area contributed by atoms with E-state index < -0.39 is 17.5 Å². The topological polar surface area (TPSA) is 85.3 Å². The molecular formula is C24H15BrCl3FN2O4. The summed E-state index contributed by atoms with van der Waals surface area (Å²) in [6.07, 6.45) is 3.91. The number of alkyl halides is 1. The summed E-state index contributed by atoms with van der Waals surface area (Å²) in [5.74, 6) is -2.08. The lowest BCUT2D eigenvalue weighted by Crippen LogP contribution is -2.18. The Morgan fingerprint density at radius 2 is 1.86 bits per heavy atom. The minimum Gasteiger partial charge on any atom is -0.478 e. The first kappa shape index (κ1) is 25.4. The van der Waals surface area contributed by atoms with Gasteiger partial charge >= 0.3 is 5.97 Å². The van der Waals surface area contributed by atoms with Crippen LogP contribution in [0.5, 0.6) is 0 Å². The highest BCUT2D eigenvalue weighted by Gasteiger charge is 2.37. The Kier molecular flexibility index (Phi) is 6.85. The standard InChI is InChI=1S/C24H15BrCl3FN2O4/c1-24(2,29)22-20(21(30-35-22)19-14(27)8-12(26)9-15(19)28)23(34)31-10-13(25)18-11(6-7-17(32)33)4-3-5-16(18)31/h3-10H,1-2H3,(H,32,33)/b7-6+. The first-order valence-corrected chi connectivity index (χ1v) is 11.9. The van der Waals surface area contributed by atoms with E-state index in [1.807, 2.05) is 0 Å². The van der Waals surface area contributed by atoms with Crippen molar-refractivity contribution in [3.63, 3.8) is 0 Å². The van der Waals surface area contributed by atoms with Crippen molar-refractivity contribution in [2.45, 2.75) is 19.5 Å². The van der Waals surface area contributed by atoms with Crippen LogP contribution in [-0.4, -0.2) is 26.7 Å². The van der Waals surface area contributed by atoms with E-state index >= 15 is 4.39 Å². The van der Waals surface area contributed by atoms with Crippen LogP contribution in [0.15, 0.2) is 51.6 Å². The van der Waals surface area contributed by atoms with Crippen molar-refractivity contribution in [1.29, 1.82) is 0 Å². The van der Waals surface area contributed by atoms with Gasteiger partial charge in [-0.2, -0.15) is 0 Å². The lowest BCUT2D eigenvalue weighted by Gasteiger charge is -2.14. The zero-order valence-corrected chi connectivity index (χ0v) is 21.9. The Hall–Kier alpha value is -2.65. The largest absolute Gasteiger partial charge is 0.478 e. The van der Waals surface area contributed by atoms with Crippen molar-refractivity contribution in [3.05, 3.63) is 79.0 Å². The number of aromatic nitrogens is 2. The van der Waals surface area contributed by atoms with Crippen molar-refractivity contribution in [2.24, 2.45) is 0 Å². The fourth-order valence-corrected chi connectivity index (χ4v) is 5.32. The van der Waals surface area contributed by atoms with Gasteiger partial charge in [0.15, 0.2) is 11.4 Å². The minimum atomic E-state index is -2.07. The summed E-state index contributed by atoms with van der Waals surface area (Å²) in [5, 5.41) is 14.0. The van der Waals surface area contributed by atoms with Gasteiger partial charge in [0, 0.05) is 32.7 Å². The van der Waals surface area contributed by atoms with Crippen LogP contribution in [0.1, 0.15) is 35.5 Å². The number of carboxylic acid groups (broad SMARTS) is 1. The van der Waals surface area contributed by atoms with Crippen LogP contribution in [0, 0.1) is 0 Å². The average molecular weight is 601 g/mol. The number of benzene rings is 2. The highest BCUT2D eigenvalue weighted by atomic mass is 79.9. The number of aliphatic carboxylic acids is 1. The summed E-state index contributed by atoms with van der Waals surface area (Å²) in [6.45, 7) is 2.47. The molecule has 0 spiro atoms. The molecule has 0 unspecified atom stereocenters. The number of hydrogen-bond acceptors (Lipinski definition) is 4. The quantitative estimate of drug-likeness (QED) is 0.235. The molecule has 0 saturated heterocycles. The van der Waals surface area contributed by atoms with Crippen LogP contribution in [0.2, 0.25) is 15.1 Å². The molecule has 6 nitrogen and oxygen atoms in total. The third kappa shape index (κ3) is 4.76. The molecule has 180 valence electrons. The van der Waals surface area contributed by atoms with E-state index in [2.05, 4.69) is 21.1 Å². The second-order valence-electron chi connectivity index (χ2n) is 8.02. The fourth-order valence-electron chi connectivity index (χ4n) is 3.69. The normalized spacial score (nSPS) is 12.1. The monoisotopic (exact) mass is 598 g/mol. The summed E-state index contributed by atoms with van der Waals surface area (Å²) in [6, 6.07) is 7.90. The van der Waals surface area contributed by atoms with Crippen LogP contribution >= 0.6 is 50.7 Å². The van der Waals surface area contributed by atoms with E-state index in [1.165, 1.54) is 42.8 Å². The molecule has 11 heteroatoms. The van der Waals surface area contributed by atoms with E-state index in [0.717, 1.165) is 6.08 Å². The Morgan fingerprint density at radius 3 is 2.46 bits per heavy atom. The number of carbonyl (C=O) groups is 2. The number of rotatable bonds is 5. The lowest BCUT2D eigenvalue weighted by molar-refractivity contribution is -0.131. The molecule has 4 rings (SSSR count). The zero-order chi connectivity index (χ0) is 25.7. The second-order valence-corrected chi connectivity index (χ2v) is 10.1. The van der Waals surface area contributed by atoms with Crippen LogP contribution in [0.3, 0.4) is 0 Å². The smallest absolute Gasteiger partial charge is 0.328 e. The molecule has 0 amide bonds. The molecule has 0 atom stereocenters. The van der Waals surface area contributed by atoms with Crippen molar-refractivity contribution in [1.82, 2.24) is 9.72 Å². The molecule has 1 N–H and O–H groups in total. The summed E-state index contributed by atoms with van der Waals surface area (Å²) < 4.78 is 22.3. The van der Waals surface area contributed by atoms with Crippen molar-refractivity contribution < 1.29 is 23.6 Å². The first-order valence-electron chi connectivity index (χ1n) is 9.99. The number of carbonyl (C=O) groups excluding carboxylic acids is 1. The maximum Gasteiger partial charge on any atom is 0.328 e. The van der Waals surface area contributed by atoms with E-state index in [-0.39, 0.29) is 37.6 Å². The summed E-state index contributed by atoms with van der Waals surface area (Å²) >= 11 is 22.2. The van der Waals surface area contributed by atoms with Gasteiger partial charge in [-0.25, -0.2) is 9.18 Å². The van der Waals surface area contributed by atoms with Crippen LogP contribution in [0.25, 0.3) is 28.2 Å². The minimum absolute atomic E-state index is 0.0395. The SMILES string of the molecule is CC(C)(F)c1onc(-c2c(Cl)cc(Cl)cc2Cl)c1C(=O)n1cc(Br)c2c(/C=C/C(=O)O)cccc21. The van der Waals surface area contributed by atoms with Gasteiger partial charge in [-0.15, -0.1) is 0 Å². The number of fused-ring (bicyclic) bond motifs is 1. The molecule has 0 bridgehead atoms. The van der Waals surface area contributed by atoms with Gasteiger partial charge < -0.3 is 9.63 Å². The Bertz CT molecular complexity index is 1510. The van der Waals surface area contributed by atoms with Crippen molar-refractivity contribution >= 4 is 79.6 Å². The van der Waals surface area contributed by atoms with E-state index in [0.29, 0.717) is 20.9 Å². The highest BCUT2D eigenvalue weighted by Crippen LogP contribution is 2.42. The first-order chi connectivity index (χ1) is 16.4. The molecule has 4 aromatic rings. The maximum absolute atomic E-state index is 15.2. The van der Waals surface area contributed by atoms with Crippen molar-refractivity contribution in [3.8, 4) is 11.3 Å². The summed E-state index contributed by atoms with van der Waals surface area (Å²) in [7, 11) is 0. The molecule has 35 heavy (non-hydrogen) atoms. The van der Waals surface area contributed by atoms with Crippen LogP contribution in [-0.2, 0) is 10.5 Å². The predicted molar refractivity (Wildman–Crippen MR) is 137 cm³/mol. The average Bonchev–Trinajstić information content (AvgIpc) is 3.33. The number of carboxylic acids is 1. The number of nitrogens with zero attached hydrogens (tertiary/aromatic N) is 2. The zero-order valence-electron chi connectivity index (χ0n) is 18.1. The molecule has 0 aliphatic carbocycles. The van der Waals surface area contributed by atoms with Crippen LogP contribution in [0.4, 0.5) is 4.39 Å². The predicted octanol–water partition coefficient (Wildman–Crippen LogP) is 8.01. The molecule has 0 radical (unpaired) electrons. The molecule has 2 aromatic carbocycles. The third-order valence-corrected chi connectivity index (χ3v) is 6.54.